The van der Waals surface area contributed by atoms with Gasteiger partial charge < -0.3 is 9.47 Å². The van der Waals surface area contributed by atoms with Gasteiger partial charge in [0.25, 0.3) is 0 Å². The molecule has 0 fully saturated rings. The number of aryl methyl sites for hydroxylation is 2. The van der Waals surface area contributed by atoms with Crippen LogP contribution in [0, 0.1) is 0 Å². The van der Waals surface area contributed by atoms with Gasteiger partial charge in [0.1, 0.15) is 11.5 Å². The molecule has 4 heteroatoms. The Bertz CT molecular complexity index is 638. The predicted molar refractivity (Wildman–Crippen MR) is 101 cm³/mol. The maximum Gasteiger partial charge on any atom is 0.423 e. The average Bonchev–Trinajstić information content (AvgIpc) is 2.67. The van der Waals surface area contributed by atoms with Crippen LogP contribution in [0.15, 0.2) is 48.5 Å². The normalized spacial score (nSPS) is 10.4. The Labute approximate surface area is 155 Å². The van der Waals surface area contributed by atoms with Gasteiger partial charge in [-0.05, 0) is 61.1 Å². The Morgan fingerprint density at radius 1 is 0.654 bits per heavy atom. The van der Waals surface area contributed by atoms with E-state index in [2.05, 4.69) is 13.8 Å². The topological polar surface area (TPSA) is 52.6 Å². The number of esters is 2. The fraction of sp³-hybridized carbons (Fsp3) is 0.364. The van der Waals surface area contributed by atoms with Gasteiger partial charge in [-0.25, -0.2) is 9.59 Å². The van der Waals surface area contributed by atoms with Crippen molar-refractivity contribution in [3.63, 3.8) is 0 Å². The van der Waals surface area contributed by atoms with Gasteiger partial charge in [0.2, 0.25) is 0 Å². The average molecular weight is 354 g/mol. The summed E-state index contributed by atoms with van der Waals surface area (Å²) in [6.07, 6.45) is 6.46. The fourth-order valence-corrected chi connectivity index (χ4v) is 2.51. The smallest absolute Gasteiger partial charge is 0.418 e. The van der Waals surface area contributed by atoms with Crippen molar-refractivity contribution in [3.8, 4) is 11.5 Å². The molecule has 2 aromatic carbocycles. The predicted octanol–water partition coefficient (Wildman–Crippen LogP) is 4.88. The van der Waals surface area contributed by atoms with Crippen molar-refractivity contribution < 1.29 is 19.1 Å². The first kappa shape index (κ1) is 19.7. The van der Waals surface area contributed by atoms with Crippen LogP contribution in [0.5, 0.6) is 11.5 Å². The van der Waals surface area contributed by atoms with E-state index < -0.39 is 11.9 Å². The van der Waals surface area contributed by atoms with Gasteiger partial charge in [-0.3, -0.25) is 0 Å². The summed E-state index contributed by atoms with van der Waals surface area (Å²) < 4.78 is 10.1. The zero-order valence-corrected chi connectivity index (χ0v) is 15.5. The first-order valence-corrected chi connectivity index (χ1v) is 9.24. The van der Waals surface area contributed by atoms with Crippen molar-refractivity contribution in [1.82, 2.24) is 0 Å². The molecule has 0 spiro atoms. The lowest BCUT2D eigenvalue weighted by atomic mass is 10.1. The van der Waals surface area contributed by atoms with Crippen LogP contribution in [0.1, 0.15) is 50.7 Å². The molecule has 0 aliphatic rings. The third-order valence-corrected chi connectivity index (χ3v) is 4.07. The number of benzene rings is 2. The van der Waals surface area contributed by atoms with Crippen molar-refractivity contribution in [2.45, 2.75) is 52.4 Å². The summed E-state index contributed by atoms with van der Waals surface area (Å²) in [4.78, 5) is 23.8. The molecular formula is C22H26O4. The minimum Gasteiger partial charge on any atom is -0.418 e. The SMILES string of the molecule is CCCCc1ccc(OC(=O)C(=O)Oc2ccc(CCCC)cc2)cc1. The summed E-state index contributed by atoms with van der Waals surface area (Å²) >= 11 is 0. The highest BCUT2D eigenvalue weighted by molar-refractivity contribution is 6.31. The number of unbranched alkanes of at least 4 members (excludes halogenated alkanes) is 2. The first-order valence-electron chi connectivity index (χ1n) is 9.24. The molecule has 0 atom stereocenters. The second kappa shape index (κ2) is 10.4. The zero-order chi connectivity index (χ0) is 18.8. The summed E-state index contributed by atoms with van der Waals surface area (Å²) in [5.74, 6) is -1.38. The Kier molecular flexibility index (Phi) is 7.87. The fourth-order valence-electron chi connectivity index (χ4n) is 2.51. The summed E-state index contributed by atoms with van der Waals surface area (Å²) in [5, 5.41) is 0. The van der Waals surface area contributed by atoms with Crippen LogP contribution in [0.2, 0.25) is 0 Å². The van der Waals surface area contributed by atoms with Crippen LogP contribution >= 0.6 is 0 Å². The van der Waals surface area contributed by atoms with Crippen molar-refractivity contribution in [3.05, 3.63) is 59.7 Å². The van der Waals surface area contributed by atoms with Crippen LogP contribution in [0.4, 0.5) is 0 Å². The Morgan fingerprint density at radius 3 is 1.31 bits per heavy atom. The Morgan fingerprint density at radius 2 is 1.00 bits per heavy atom. The molecule has 0 radical (unpaired) electrons. The van der Waals surface area contributed by atoms with Crippen LogP contribution < -0.4 is 9.47 Å². The summed E-state index contributed by atoms with van der Waals surface area (Å²) in [6.45, 7) is 4.28. The van der Waals surface area contributed by atoms with Gasteiger partial charge in [-0.2, -0.15) is 0 Å². The van der Waals surface area contributed by atoms with Gasteiger partial charge in [-0.15, -0.1) is 0 Å². The summed E-state index contributed by atoms with van der Waals surface area (Å²) in [5.41, 5.74) is 2.36. The van der Waals surface area contributed by atoms with Crippen LogP contribution in [0.3, 0.4) is 0 Å². The van der Waals surface area contributed by atoms with Crippen molar-refractivity contribution >= 4 is 11.9 Å². The lowest BCUT2D eigenvalue weighted by Crippen LogP contribution is -2.25. The van der Waals surface area contributed by atoms with E-state index in [9.17, 15) is 9.59 Å². The number of hydrogen-bond donors (Lipinski definition) is 0. The quantitative estimate of drug-likeness (QED) is 0.385. The molecule has 0 bridgehead atoms. The molecule has 0 saturated heterocycles. The van der Waals surface area contributed by atoms with E-state index in [-0.39, 0.29) is 0 Å². The Hall–Kier alpha value is -2.62. The van der Waals surface area contributed by atoms with E-state index in [4.69, 9.17) is 9.47 Å². The van der Waals surface area contributed by atoms with E-state index in [1.807, 2.05) is 24.3 Å². The number of rotatable bonds is 8. The first-order chi connectivity index (χ1) is 12.6. The molecule has 0 heterocycles. The van der Waals surface area contributed by atoms with Gasteiger partial charge >= 0.3 is 11.9 Å². The molecule has 0 aliphatic heterocycles. The minimum absolute atomic E-state index is 0.335. The number of hydrogen-bond acceptors (Lipinski definition) is 4. The van der Waals surface area contributed by atoms with Crippen molar-refractivity contribution in [2.24, 2.45) is 0 Å². The molecule has 0 aromatic heterocycles. The Balaban J connectivity index is 1.86. The maximum atomic E-state index is 11.9. The van der Waals surface area contributed by atoms with E-state index in [0.717, 1.165) is 38.5 Å². The molecular weight excluding hydrogens is 328 g/mol. The second-order valence-electron chi connectivity index (χ2n) is 6.27. The highest BCUT2D eigenvalue weighted by Gasteiger charge is 2.19. The van der Waals surface area contributed by atoms with E-state index in [0.29, 0.717) is 11.5 Å². The van der Waals surface area contributed by atoms with E-state index in [1.54, 1.807) is 24.3 Å². The molecule has 2 aromatic rings. The summed E-state index contributed by atoms with van der Waals surface area (Å²) in [6, 6.07) is 14.4. The van der Waals surface area contributed by atoms with Crippen molar-refractivity contribution in [2.75, 3.05) is 0 Å². The standard InChI is InChI=1S/C22H26O4/c1-3-5-7-17-9-13-19(14-10-17)25-21(23)22(24)26-20-15-11-18(12-16-20)8-6-4-2/h9-16H,3-8H2,1-2H3. The molecule has 26 heavy (non-hydrogen) atoms. The molecule has 0 N–H and O–H groups in total. The molecule has 0 amide bonds. The third-order valence-electron chi connectivity index (χ3n) is 4.07. The van der Waals surface area contributed by atoms with Crippen LogP contribution in [0.25, 0.3) is 0 Å². The third kappa shape index (κ3) is 6.36. The number of carbonyl (C=O) groups is 2. The highest BCUT2D eigenvalue weighted by atomic mass is 16.6. The van der Waals surface area contributed by atoms with Crippen molar-refractivity contribution in [1.29, 1.82) is 0 Å². The van der Waals surface area contributed by atoms with Crippen LogP contribution in [-0.2, 0) is 22.4 Å². The lowest BCUT2D eigenvalue weighted by Gasteiger charge is -2.07. The van der Waals surface area contributed by atoms with Gasteiger partial charge in [0.05, 0.1) is 0 Å². The number of carbonyl (C=O) groups excluding carboxylic acids is 2. The maximum absolute atomic E-state index is 11.9. The number of ether oxygens (including phenoxy) is 2. The van der Waals surface area contributed by atoms with Gasteiger partial charge in [-0.1, -0.05) is 51.0 Å². The molecule has 0 unspecified atom stereocenters. The lowest BCUT2D eigenvalue weighted by molar-refractivity contribution is -0.156. The second-order valence-corrected chi connectivity index (χ2v) is 6.27. The van der Waals surface area contributed by atoms with Crippen LogP contribution in [-0.4, -0.2) is 11.9 Å². The highest BCUT2D eigenvalue weighted by Crippen LogP contribution is 2.16. The molecule has 0 aliphatic carbocycles. The van der Waals surface area contributed by atoms with Gasteiger partial charge in [0.15, 0.2) is 0 Å². The van der Waals surface area contributed by atoms with E-state index >= 15 is 0 Å². The molecule has 138 valence electrons. The molecule has 4 nitrogen and oxygen atoms in total. The largest absolute Gasteiger partial charge is 0.423 e. The van der Waals surface area contributed by atoms with E-state index in [1.165, 1.54) is 11.1 Å². The molecule has 0 saturated carbocycles. The van der Waals surface area contributed by atoms with Gasteiger partial charge in [0, 0.05) is 0 Å². The minimum atomic E-state index is -1.03. The summed E-state index contributed by atoms with van der Waals surface area (Å²) in [7, 11) is 0. The monoisotopic (exact) mass is 354 g/mol. The molecule has 2 rings (SSSR count). The zero-order valence-electron chi connectivity index (χ0n) is 15.5.